The second kappa shape index (κ2) is 5.82. The molecule has 1 atom stereocenters. The van der Waals surface area contributed by atoms with Crippen molar-refractivity contribution in [3.8, 4) is 0 Å². The normalized spacial score (nSPS) is 15.3. The van der Waals surface area contributed by atoms with Crippen LogP contribution in [0.2, 0.25) is 0 Å². The van der Waals surface area contributed by atoms with Gasteiger partial charge in [0, 0.05) is 12.1 Å². The predicted molar refractivity (Wildman–Crippen MR) is 64.4 cm³/mol. The van der Waals surface area contributed by atoms with Crippen molar-refractivity contribution >= 4 is 10.0 Å². The number of rotatable bonds is 7. The van der Waals surface area contributed by atoms with Crippen molar-refractivity contribution in [1.29, 1.82) is 0 Å². The minimum absolute atomic E-state index is 0.362. The molecule has 0 saturated carbocycles. The fourth-order valence-corrected chi connectivity index (χ4v) is 2.47. The van der Waals surface area contributed by atoms with E-state index in [0.717, 1.165) is 13.0 Å². The Labute approximate surface area is 93.9 Å². The van der Waals surface area contributed by atoms with Gasteiger partial charge in [0.15, 0.2) is 0 Å². The highest BCUT2D eigenvalue weighted by Gasteiger charge is 2.27. The highest BCUT2D eigenvalue weighted by molar-refractivity contribution is 7.90. The number of nitrogens with one attached hydrogen (secondary N) is 2. The zero-order chi connectivity index (χ0) is 12.1. The summed E-state index contributed by atoms with van der Waals surface area (Å²) in [4.78, 5) is 0. The molecule has 0 amide bonds. The Hall–Kier alpha value is -0.130. The molecule has 0 rings (SSSR count). The summed E-state index contributed by atoms with van der Waals surface area (Å²) >= 11 is 0. The van der Waals surface area contributed by atoms with Gasteiger partial charge in [-0.3, -0.25) is 0 Å². The lowest BCUT2D eigenvalue weighted by molar-refractivity contribution is 0.435. The van der Waals surface area contributed by atoms with E-state index < -0.39 is 15.3 Å². The molecule has 0 fully saturated rings. The van der Waals surface area contributed by atoms with Crippen LogP contribution < -0.4 is 10.0 Å². The highest BCUT2D eigenvalue weighted by atomic mass is 32.2. The van der Waals surface area contributed by atoms with Crippen molar-refractivity contribution < 1.29 is 8.42 Å². The van der Waals surface area contributed by atoms with E-state index in [9.17, 15) is 8.42 Å². The molecule has 0 aromatic carbocycles. The van der Waals surface area contributed by atoms with Crippen LogP contribution in [0.4, 0.5) is 0 Å². The summed E-state index contributed by atoms with van der Waals surface area (Å²) in [6, 6.07) is 0. The molecule has 0 aromatic heterocycles. The van der Waals surface area contributed by atoms with Gasteiger partial charge in [-0.05, 0) is 33.7 Å². The van der Waals surface area contributed by atoms with Crippen molar-refractivity contribution in [3.63, 3.8) is 0 Å². The van der Waals surface area contributed by atoms with Crippen molar-refractivity contribution in [2.24, 2.45) is 0 Å². The predicted octanol–water partition coefficient (Wildman–Crippen LogP) is 1.09. The second-order valence-electron chi connectivity index (χ2n) is 4.50. The van der Waals surface area contributed by atoms with Gasteiger partial charge in [0.05, 0.1) is 5.25 Å². The lowest BCUT2D eigenvalue weighted by atomic mass is 10.0. The van der Waals surface area contributed by atoms with E-state index in [0.29, 0.717) is 6.54 Å². The van der Waals surface area contributed by atoms with Gasteiger partial charge in [0.1, 0.15) is 0 Å². The molecule has 5 heteroatoms. The zero-order valence-corrected chi connectivity index (χ0v) is 11.2. The van der Waals surface area contributed by atoms with Crippen LogP contribution in [0.25, 0.3) is 0 Å². The van der Waals surface area contributed by atoms with E-state index >= 15 is 0 Å². The van der Waals surface area contributed by atoms with Crippen molar-refractivity contribution in [1.82, 2.24) is 10.0 Å². The number of sulfonamides is 1. The van der Waals surface area contributed by atoms with Gasteiger partial charge >= 0.3 is 0 Å². The number of hydrogen-bond acceptors (Lipinski definition) is 3. The van der Waals surface area contributed by atoms with E-state index in [1.54, 1.807) is 6.92 Å². The standard InChI is InChI=1S/C10H24N2O2S/c1-6-10(4,5)12-15(13,14)9(3)8-11-7-2/h9,11-12H,6-8H2,1-5H3. The minimum atomic E-state index is -3.21. The molecular formula is C10H24N2O2S. The molecule has 0 bridgehead atoms. The van der Waals surface area contributed by atoms with Crippen LogP contribution in [0.1, 0.15) is 41.0 Å². The van der Waals surface area contributed by atoms with Crippen LogP contribution in [0.3, 0.4) is 0 Å². The van der Waals surface area contributed by atoms with E-state index in [1.165, 1.54) is 0 Å². The van der Waals surface area contributed by atoms with Crippen molar-refractivity contribution in [3.05, 3.63) is 0 Å². The third-order valence-corrected chi connectivity index (χ3v) is 4.58. The molecule has 0 aliphatic rings. The van der Waals surface area contributed by atoms with E-state index in [2.05, 4.69) is 10.0 Å². The smallest absolute Gasteiger partial charge is 0.215 e. The first-order valence-electron chi connectivity index (χ1n) is 5.48. The maximum atomic E-state index is 11.9. The van der Waals surface area contributed by atoms with Gasteiger partial charge in [-0.15, -0.1) is 0 Å². The molecule has 0 heterocycles. The van der Waals surface area contributed by atoms with Crippen LogP contribution in [-0.4, -0.2) is 32.3 Å². The Kier molecular flexibility index (Phi) is 5.77. The molecule has 0 radical (unpaired) electrons. The average Bonchev–Trinajstić information content (AvgIpc) is 2.12. The Morgan fingerprint density at radius 2 is 1.80 bits per heavy atom. The average molecular weight is 236 g/mol. The minimum Gasteiger partial charge on any atom is -0.316 e. The molecule has 1 unspecified atom stereocenters. The molecule has 0 aliphatic heterocycles. The molecule has 0 spiro atoms. The molecule has 92 valence electrons. The molecule has 2 N–H and O–H groups in total. The van der Waals surface area contributed by atoms with Crippen LogP contribution in [0.15, 0.2) is 0 Å². The first-order valence-corrected chi connectivity index (χ1v) is 7.03. The van der Waals surface area contributed by atoms with Crippen LogP contribution in [-0.2, 0) is 10.0 Å². The van der Waals surface area contributed by atoms with Crippen molar-refractivity contribution in [2.75, 3.05) is 13.1 Å². The highest BCUT2D eigenvalue weighted by Crippen LogP contribution is 2.11. The quantitative estimate of drug-likeness (QED) is 0.696. The van der Waals surface area contributed by atoms with E-state index in [-0.39, 0.29) is 5.54 Å². The molecule has 0 aliphatic carbocycles. The monoisotopic (exact) mass is 236 g/mol. The van der Waals surface area contributed by atoms with Gasteiger partial charge in [-0.2, -0.15) is 0 Å². The molecule has 0 saturated heterocycles. The number of hydrogen-bond donors (Lipinski definition) is 2. The van der Waals surface area contributed by atoms with E-state index in [4.69, 9.17) is 0 Å². The largest absolute Gasteiger partial charge is 0.316 e. The van der Waals surface area contributed by atoms with Gasteiger partial charge in [-0.1, -0.05) is 13.8 Å². The van der Waals surface area contributed by atoms with Gasteiger partial charge in [0.2, 0.25) is 10.0 Å². The summed E-state index contributed by atoms with van der Waals surface area (Å²) in [5.74, 6) is 0. The Bertz CT molecular complexity index is 273. The van der Waals surface area contributed by atoms with Crippen LogP contribution in [0.5, 0.6) is 0 Å². The summed E-state index contributed by atoms with van der Waals surface area (Å²) in [5, 5.41) is 2.64. The Morgan fingerprint density at radius 1 is 1.27 bits per heavy atom. The summed E-state index contributed by atoms with van der Waals surface area (Å²) in [7, 11) is -3.21. The molecular weight excluding hydrogens is 212 g/mol. The van der Waals surface area contributed by atoms with Gasteiger partial charge in [-0.25, -0.2) is 13.1 Å². The van der Waals surface area contributed by atoms with Crippen LogP contribution in [0, 0.1) is 0 Å². The molecule has 4 nitrogen and oxygen atoms in total. The SMILES string of the molecule is CCNCC(C)S(=O)(=O)NC(C)(C)CC. The van der Waals surface area contributed by atoms with Gasteiger partial charge < -0.3 is 5.32 Å². The fraction of sp³-hybridized carbons (Fsp3) is 1.00. The summed E-state index contributed by atoms with van der Waals surface area (Å²) in [6.45, 7) is 10.7. The van der Waals surface area contributed by atoms with Crippen LogP contribution >= 0.6 is 0 Å². The molecule has 15 heavy (non-hydrogen) atoms. The second-order valence-corrected chi connectivity index (χ2v) is 6.60. The third-order valence-electron chi connectivity index (χ3n) is 2.51. The lowest BCUT2D eigenvalue weighted by Crippen LogP contribution is -2.48. The topological polar surface area (TPSA) is 58.2 Å². The summed E-state index contributed by atoms with van der Waals surface area (Å²) < 4.78 is 26.4. The summed E-state index contributed by atoms with van der Waals surface area (Å²) in [6.07, 6.45) is 0.778. The lowest BCUT2D eigenvalue weighted by Gasteiger charge is -2.26. The Morgan fingerprint density at radius 3 is 2.20 bits per heavy atom. The van der Waals surface area contributed by atoms with Crippen molar-refractivity contribution in [2.45, 2.75) is 51.8 Å². The van der Waals surface area contributed by atoms with Gasteiger partial charge in [0.25, 0.3) is 0 Å². The summed E-state index contributed by atoms with van der Waals surface area (Å²) in [5.41, 5.74) is -0.362. The fourth-order valence-electron chi connectivity index (χ4n) is 1.02. The molecule has 0 aromatic rings. The third kappa shape index (κ3) is 5.49. The maximum absolute atomic E-state index is 11.9. The Balaban J connectivity index is 4.42. The van der Waals surface area contributed by atoms with E-state index in [1.807, 2.05) is 27.7 Å². The first-order chi connectivity index (χ1) is 6.75. The maximum Gasteiger partial charge on any atom is 0.215 e. The first kappa shape index (κ1) is 14.9. The zero-order valence-electron chi connectivity index (χ0n) is 10.4.